The van der Waals surface area contributed by atoms with Gasteiger partial charge in [-0.3, -0.25) is 0 Å². The quantitative estimate of drug-likeness (QED) is 0.359. The maximum absolute atomic E-state index is 9.02. The average Bonchev–Trinajstić information content (AvgIpc) is 2.89. The fraction of sp³-hybridized carbons (Fsp3) is 0.143. The number of nitrogen functional groups attached to an aromatic ring is 1. The van der Waals surface area contributed by atoms with Gasteiger partial charge in [0.1, 0.15) is 18.1 Å². The van der Waals surface area contributed by atoms with Crippen molar-refractivity contribution in [3.8, 4) is 17.2 Å². The molecule has 0 unspecified atom stereocenters. The molecule has 5 N–H and O–H groups in total. The highest BCUT2D eigenvalue weighted by Gasteiger charge is 2.12. The van der Waals surface area contributed by atoms with Crippen molar-refractivity contribution in [2.45, 2.75) is 13.2 Å². The van der Waals surface area contributed by atoms with E-state index >= 15 is 0 Å². The highest BCUT2D eigenvalue weighted by atomic mass is 17.2. The lowest BCUT2D eigenvalue weighted by atomic mass is 10.2. The third-order valence-electron chi connectivity index (χ3n) is 2.69. The van der Waals surface area contributed by atoms with Crippen LogP contribution in [0.4, 0.5) is 5.69 Å². The Kier molecular flexibility index (Phi) is 4.29. The summed E-state index contributed by atoms with van der Waals surface area (Å²) in [5.74, 6) is 0.890. The molecule has 0 aliphatic carbocycles. The van der Waals surface area contributed by atoms with Gasteiger partial charge in [0.05, 0.1) is 6.61 Å². The normalized spacial score (nSPS) is 12.1. The zero-order valence-corrected chi connectivity index (χ0v) is 10.6. The van der Waals surface area contributed by atoms with Crippen molar-refractivity contribution in [3.05, 3.63) is 47.5 Å². The van der Waals surface area contributed by atoms with Crippen molar-refractivity contribution >= 4 is 5.69 Å². The first-order chi connectivity index (χ1) is 9.60. The van der Waals surface area contributed by atoms with E-state index in [1.165, 1.54) is 18.2 Å². The van der Waals surface area contributed by atoms with Crippen LogP contribution in [0, 0.1) is 0 Å². The molecule has 106 valence electrons. The highest BCUT2D eigenvalue weighted by molar-refractivity contribution is 5.46. The fourth-order valence-electron chi connectivity index (χ4n) is 1.63. The molecule has 0 atom stereocenters. The number of hydrogen-bond acceptors (Lipinski definition) is 6. The monoisotopic (exact) mass is 277 g/mol. The number of phenolic OH excluding ortho intramolecular Hbond substituents is 1. The van der Waals surface area contributed by atoms with E-state index in [9.17, 15) is 0 Å². The van der Waals surface area contributed by atoms with Crippen molar-refractivity contribution in [3.63, 3.8) is 0 Å². The molecule has 1 aliphatic heterocycles. The van der Waals surface area contributed by atoms with Gasteiger partial charge in [0.25, 0.3) is 0 Å². The molecule has 3 rings (SSSR count). The minimum absolute atomic E-state index is 0.0803. The standard InChI is InChI=1S/C7H9NO2.C7H6O3/c8-6-1-2-7(10)5(3-6)4-9;8-6-2-1-5-4-9-10-7(5)3-6/h1-3,9-10H,4,8H2;1-3,8H,4H2. The molecule has 6 nitrogen and oxygen atoms in total. The lowest BCUT2D eigenvalue weighted by molar-refractivity contribution is -0.194. The number of aliphatic hydroxyl groups is 1. The molecule has 0 spiro atoms. The Balaban J connectivity index is 0.000000147. The van der Waals surface area contributed by atoms with E-state index < -0.39 is 0 Å². The van der Waals surface area contributed by atoms with Crippen LogP contribution in [0.5, 0.6) is 17.2 Å². The van der Waals surface area contributed by atoms with Gasteiger partial charge in [0.15, 0.2) is 5.75 Å². The summed E-state index contributed by atoms with van der Waals surface area (Å²) in [5, 5.41) is 26.6. The van der Waals surface area contributed by atoms with Crippen molar-refractivity contribution < 1.29 is 25.1 Å². The minimum Gasteiger partial charge on any atom is -0.508 e. The van der Waals surface area contributed by atoms with Crippen LogP contribution in [0.2, 0.25) is 0 Å². The highest BCUT2D eigenvalue weighted by Crippen LogP contribution is 2.29. The number of aromatic hydroxyl groups is 2. The molecule has 0 saturated carbocycles. The van der Waals surface area contributed by atoms with Crippen LogP contribution in [0.25, 0.3) is 0 Å². The number of rotatable bonds is 1. The van der Waals surface area contributed by atoms with Crippen LogP contribution in [0.1, 0.15) is 11.1 Å². The second-order valence-corrected chi connectivity index (χ2v) is 4.18. The number of nitrogens with two attached hydrogens (primary N) is 1. The zero-order chi connectivity index (χ0) is 14.5. The largest absolute Gasteiger partial charge is 0.508 e. The molecule has 0 saturated heterocycles. The van der Waals surface area contributed by atoms with Gasteiger partial charge in [-0.2, -0.15) is 4.89 Å². The molecular weight excluding hydrogens is 262 g/mol. The fourth-order valence-corrected chi connectivity index (χ4v) is 1.63. The molecule has 0 fully saturated rings. The average molecular weight is 277 g/mol. The number of benzene rings is 2. The Bertz CT molecular complexity index is 591. The van der Waals surface area contributed by atoms with Gasteiger partial charge < -0.3 is 25.9 Å². The predicted octanol–water partition coefficient (Wildman–Crippen LogP) is 1.68. The third-order valence-corrected chi connectivity index (χ3v) is 2.69. The third kappa shape index (κ3) is 3.31. The predicted molar refractivity (Wildman–Crippen MR) is 72.0 cm³/mol. The van der Waals surface area contributed by atoms with Crippen LogP contribution in [-0.2, 0) is 18.1 Å². The summed E-state index contributed by atoms with van der Waals surface area (Å²) in [6, 6.07) is 9.49. The van der Waals surface area contributed by atoms with E-state index in [2.05, 4.69) is 4.89 Å². The van der Waals surface area contributed by atoms with E-state index in [0.717, 1.165) is 5.56 Å². The second kappa shape index (κ2) is 6.14. The van der Waals surface area contributed by atoms with Gasteiger partial charge in [-0.15, -0.1) is 0 Å². The van der Waals surface area contributed by atoms with Crippen molar-refractivity contribution in [1.29, 1.82) is 0 Å². The Morgan fingerprint density at radius 3 is 2.60 bits per heavy atom. The van der Waals surface area contributed by atoms with E-state index in [-0.39, 0.29) is 18.1 Å². The number of aliphatic hydroxyl groups excluding tert-OH is 1. The Labute approximate surface area is 115 Å². The summed E-state index contributed by atoms with van der Waals surface area (Å²) in [6.45, 7) is 0.284. The first kappa shape index (κ1) is 14.0. The minimum atomic E-state index is -0.184. The maximum atomic E-state index is 9.02. The summed E-state index contributed by atoms with van der Waals surface area (Å²) >= 11 is 0. The van der Waals surface area contributed by atoms with Gasteiger partial charge in [0, 0.05) is 22.9 Å². The van der Waals surface area contributed by atoms with Crippen molar-refractivity contribution in [1.82, 2.24) is 0 Å². The molecule has 6 heteroatoms. The van der Waals surface area contributed by atoms with Crippen LogP contribution < -0.4 is 10.6 Å². The number of anilines is 1. The zero-order valence-electron chi connectivity index (χ0n) is 10.6. The van der Waals surface area contributed by atoms with E-state index in [1.54, 1.807) is 18.2 Å². The van der Waals surface area contributed by atoms with Gasteiger partial charge in [0.2, 0.25) is 0 Å². The number of fused-ring (bicyclic) bond motifs is 1. The van der Waals surface area contributed by atoms with Crippen molar-refractivity contribution in [2.75, 3.05) is 5.73 Å². The molecule has 1 heterocycles. The van der Waals surface area contributed by atoms with Crippen LogP contribution in [0.15, 0.2) is 36.4 Å². The number of phenols is 2. The molecule has 2 aromatic rings. The van der Waals surface area contributed by atoms with E-state index in [4.69, 9.17) is 25.9 Å². The summed E-state index contributed by atoms with van der Waals surface area (Å²) in [6.07, 6.45) is 0. The summed E-state index contributed by atoms with van der Waals surface area (Å²) in [7, 11) is 0. The van der Waals surface area contributed by atoms with Gasteiger partial charge in [-0.1, -0.05) is 0 Å². The molecule has 0 amide bonds. The lowest BCUT2D eigenvalue weighted by Crippen LogP contribution is -1.88. The number of hydrogen-bond donors (Lipinski definition) is 4. The van der Waals surface area contributed by atoms with Gasteiger partial charge in [-0.05, 0) is 30.3 Å². The molecule has 1 aliphatic rings. The van der Waals surface area contributed by atoms with Crippen LogP contribution in [-0.4, -0.2) is 15.3 Å². The first-order valence-corrected chi connectivity index (χ1v) is 5.89. The van der Waals surface area contributed by atoms with E-state index in [1.807, 2.05) is 0 Å². The molecular formula is C14H15NO5. The van der Waals surface area contributed by atoms with Crippen molar-refractivity contribution in [2.24, 2.45) is 0 Å². The van der Waals surface area contributed by atoms with Crippen LogP contribution >= 0.6 is 0 Å². The summed E-state index contributed by atoms with van der Waals surface area (Å²) < 4.78 is 0. The van der Waals surface area contributed by atoms with E-state index in [0.29, 0.717) is 23.6 Å². The SMILES string of the molecule is Nc1ccc(O)c(CO)c1.Oc1ccc2c(c1)OOC2. The smallest absolute Gasteiger partial charge is 0.174 e. The maximum Gasteiger partial charge on any atom is 0.174 e. The Morgan fingerprint density at radius 2 is 1.90 bits per heavy atom. The van der Waals surface area contributed by atoms with Gasteiger partial charge >= 0.3 is 0 Å². The molecule has 2 aromatic carbocycles. The first-order valence-electron chi connectivity index (χ1n) is 5.89. The van der Waals surface area contributed by atoms with Crippen LogP contribution in [0.3, 0.4) is 0 Å². The Morgan fingerprint density at radius 1 is 1.10 bits per heavy atom. The second-order valence-electron chi connectivity index (χ2n) is 4.18. The summed E-state index contributed by atoms with van der Waals surface area (Å²) in [5.41, 5.74) is 7.35. The molecule has 0 radical (unpaired) electrons. The van der Waals surface area contributed by atoms with Gasteiger partial charge in [-0.25, -0.2) is 0 Å². The Hall–Kier alpha value is -2.44. The topological polar surface area (TPSA) is 105 Å². The summed E-state index contributed by atoms with van der Waals surface area (Å²) in [4.78, 5) is 9.38. The molecule has 0 bridgehead atoms. The molecule has 0 aromatic heterocycles. The lowest BCUT2D eigenvalue weighted by Gasteiger charge is -2.00. The molecule has 20 heavy (non-hydrogen) atoms.